The highest BCUT2D eigenvalue weighted by Crippen LogP contribution is 2.16. The lowest BCUT2D eigenvalue weighted by Crippen LogP contribution is -1.83. The van der Waals surface area contributed by atoms with Crippen LogP contribution in [0, 0.1) is 6.92 Å². The van der Waals surface area contributed by atoms with Gasteiger partial charge in [-0.15, -0.1) is 0 Å². The number of hydrogen-bond acceptors (Lipinski definition) is 1. The molecule has 0 bridgehead atoms. The molecule has 0 aromatic carbocycles. The highest BCUT2D eigenvalue weighted by molar-refractivity contribution is 9.10. The lowest BCUT2D eigenvalue weighted by molar-refractivity contribution is 1.10. The maximum absolute atomic E-state index is 4.29. The maximum Gasteiger partial charge on any atom is 0.138 e. The van der Waals surface area contributed by atoms with Gasteiger partial charge in [0.15, 0.2) is 0 Å². The Balaban J connectivity index is 2.92. The van der Waals surface area contributed by atoms with Crippen LogP contribution in [0.25, 0.3) is 5.65 Å². The molecule has 0 radical (unpaired) electrons. The van der Waals surface area contributed by atoms with Gasteiger partial charge in [-0.25, -0.2) is 4.98 Å². The van der Waals surface area contributed by atoms with E-state index in [1.165, 1.54) is 0 Å². The second-order valence-electron chi connectivity index (χ2n) is 2.42. The number of hydrogen-bond donors (Lipinski definition) is 0. The normalized spacial score (nSPS) is 10.7. The molecule has 56 valence electrons. The topological polar surface area (TPSA) is 17.3 Å². The van der Waals surface area contributed by atoms with Crippen LogP contribution in [0.4, 0.5) is 0 Å². The standard InChI is InChI=1S/C8H7BrN2/c1-6-8(9)10-7-4-2-3-5-11(6)7/h2-5H,1H3. The minimum atomic E-state index is 0.920. The number of aryl methyl sites for hydroxylation is 1. The maximum atomic E-state index is 4.29. The summed E-state index contributed by atoms with van der Waals surface area (Å²) in [4.78, 5) is 4.29. The van der Waals surface area contributed by atoms with Gasteiger partial charge in [0.2, 0.25) is 0 Å². The van der Waals surface area contributed by atoms with Gasteiger partial charge in [0.05, 0.1) is 5.69 Å². The second-order valence-corrected chi connectivity index (χ2v) is 3.17. The van der Waals surface area contributed by atoms with E-state index in [0.717, 1.165) is 15.9 Å². The molecule has 11 heavy (non-hydrogen) atoms. The summed E-state index contributed by atoms with van der Waals surface area (Å²) in [5, 5.41) is 0. The number of pyridine rings is 1. The molecule has 2 nitrogen and oxygen atoms in total. The Morgan fingerprint density at radius 3 is 3.00 bits per heavy atom. The number of aromatic nitrogens is 2. The highest BCUT2D eigenvalue weighted by Gasteiger charge is 2.02. The van der Waals surface area contributed by atoms with E-state index in [1.54, 1.807) is 0 Å². The Bertz CT molecular complexity index is 392. The van der Waals surface area contributed by atoms with Crippen LogP contribution < -0.4 is 0 Å². The Labute approximate surface area is 73.0 Å². The van der Waals surface area contributed by atoms with Crippen LogP contribution in [0.1, 0.15) is 5.69 Å². The summed E-state index contributed by atoms with van der Waals surface area (Å²) >= 11 is 3.38. The fraction of sp³-hybridized carbons (Fsp3) is 0.125. The molecule has 0 spiro atoms. The zero-order chi connectivity index (χ0) is 7.84. The first-order chi connectivity index (χ1) is 5.29. The molecule has 2 aromatic rings. The van der Waals surface area contributed by atoms with Crippen molar-refractivity contribution in [3.05, 3.63) is 34.7 Å². The number of fused-ring (bicyclic) bond motifs is 1. The van der Waals surface area contributed by atoms with E-state index in [1.807, 2.05) is 35.7 Å². The van der Waals surface area contributed by atoms with Crippen molar-refractivity contribution >= 4 is 21.6 Å². The van der Waals surface area contributed by atoms with E-state index >= 15 is 0 Å². The van der Waals surface area contributed by atoms with Gasteiger partial charge in [-0.3, -0.25) is 0 Å². The molecular formula is C8H7BrN2. The molecule has 0 aliphatic heterocycles. The molecule has 0 aliphatic carbocycles. The van der Waals surface area contributed by atoms with Gasteiger partial charge in [0.25, 0.3) is 0 Å². The third-order valence-electron chi connectivity index (χ3n) is 1.71. The summed E-state index contributed by atoms with van der Waals surface area (Å²) in [6.45, 7) is 2.03. The molecule has 0 unspecified atom stereocenters. The Hall–Kier alpha value is -0.830. The monoisotopic (exact) mass is 210 g/mol. The van der Waals surface area contributed by atoms with Gasteiger partial charge < -0.3 is 4.40 Å². The minimum Gasteiger partial charge on any atom is -0.303 e. The smallest absolute Gasteiger partial charge is 0.138 e. The van der Waals surface area contributed by atoms with Gasteiger partial charge in [-0.2, -0.15) is 0 Å². The third-order valence-corrected chi connectivity index (χ3v) is 2.46. The summed E-state index contributed by atoms with van der Waals surface area (Å²) in [5.74, 6) is 0. The fourth-order valence-electron chi connectivity index (χ4n) is 1.09. The zero-order valence-corrected chi connectivity index (χ0v) is 7.67. The van der Waals surface area contributed by atoms with E-state index in [0.29, 0.717) is 0 Å². The molecule has 0 aliphatic rings. The summed E-state index contributed by atoms with van der Waals surface area (Å²) < 4.78 is 2.97. The van der Waals surface area contributed by atoms with Crippen molar-refractivity contribution in [1.82, 2.24) is 9.38 Å². The van der Waals surface area contributed by atoms with Crippen molar-refractivity contribution in [3.63, 3.8) is 0 Å². The van der Waals surface area contributed by atoms with Crippen LogP contribution >= 0.6 is 15.9 Å². The molecule has 2 heterocycles. The first kappa shape index (κ1) is 6.85. The van der Waals surface area contributed by atoms with E-state index in [9.17, 15) is 0 Å². The quantitative estimate of drug-likeness (QED) is 0.653. The SMILES string of the molecule is Cc1c(Br)nc2ccccn12. The predicted octanol–water partition coefficient (Wildman–Crippen LogP) is 2.41. The number of nitrogens with zero attached hydrogens (tertiary/aromatic N) is 2. The van der Waals surface area contributed by atoms with E-state index in [-0.39, 0.29) is 0 Å². The molecule has 0 saturated carbocycles. The van der Waals surface area contributed by atoms with E-state index in [2.05, 4.69) is 20.9 Å². The van der Waals surface area contributed by atoms with E-state index in [4.69, 9.17) is 0 Å². The van der Waals surface area contributed by atoms with Crippen molar-refractivity contribution in [2.75, 3.05) is 0 Å². The summed E-state index contributed by atoms with van der Waals surface area (Å²) in [5.41, 5.74) is 2.12. The molecule has 0 saturated heterocycles. The third kappa shape index (κ3) is 0.959. The van der Waals surface area contributed by atoms with Crippen LogP contribution in [0.15, 0.2) is 29.0 Å². The molecule has 0 fully saturated rings. The number of rotatable bonds is 0. The lowest BCUT2D eigenvalue weighted by Gasteiger charge is -1.92. The van der Waals surface area contributed by atoms with Gasteiger partial charge >= 0.3 is 0 Å². The number of halogens is 1. The molecule has 3 heteroatoms. The van der Waals surface area contributed by atoms with Crippen molar-refractivity contribution in [3.8, 4) is 0 Å². The molecule has 2 aromatic heterocycles. The van der Waals surface area contributed by atoms with Crippen molar-refractivity contribution in [2.24, 2.45) is 0 Å². The molecule has 0 N–H and O–H groups in total. The second kappa shape index (κ2) is 2.34. The van der Waals surface area contributed by atoms with Gasteiger partial charge in [0, 0.05) is 6.20 Å². The average molecular weight is 211 g/mol. The van der Waals surface area contributed by atoms with Crippen LogP contribution in [0.3, 0.4) is 0 Å². The largest absolute Gasteiger partial charge is 0.303 e. The lowest BCUT2D eigenvalue weighted by atomic mass is 10.4. The average Bonchev–Trinajstić information content (AvgIpc) is 2.30. The van der Waals surface area contributed by atoms with Gasteiger partial charge in [0.1, 0.15) is 10.3 Å². The highest BCUT2D eigenvalue weighted by atomic mass is 79.9. The Morgan fingerprint density at radius 1 is 1.45 bits per heavy atom. The Kier molecular flexibility index (Phi) is 1.46. The van der Waals surface area contributed by atoms with Crippen molar-refractivity contribution in [1.29, 1.82) is 0 Å². The molecular weight excluding hydrogens is 204 g/mol. The molecule has 0 atom stereocenters. The van der Waals surface area contributed by atoms with Gasteiger partial charge in [-0.05, 0) is 35.0 Å². The van der Waals surface area contributed by atoms with Crippen molar-refractivity contribution < 1.29 is 0 Å². The summed E-state index contributed by atoms with van der Waals surface area (Å²) in [7, 11) is 0. The summed E-state index contributed by atoms with van der Waals surface area (Å²) in [6.07, 6.45) is 2.00. The zero-order valence-electron chi connectivity index (χ0n) is 6.08. The first-order valence-corrected chi connectivity index (χ1v) is 4.17. The molecule has 2 rings (SSSR count). The van der Waals surface area contributed by atoms with E-state index < -0.39 is 0 Å². The van der Waals surface area contributed by atoms with Crippen LogP contribution in [0.2, 0.25) is 0 Å². The predicted molar refractivity (Wildman–Crippen MR) is 47.6 cm³/mol. The number of imidazole rings is 1. The Morgan fingerprint density at radius 2 is 2.27 bits per heavy atom. The summed E-state index contributed by atoms with van der Waals surface area (Å²) in [6, 6.07) is 5.96. The van der Waals surface area contributed by atoms with Crippen LogP contribution in [-0.2, 0) is 0 Å². The van der Waals surface area contributed by atoms with Crippen LogP contribution in [0.5, 0.6) is 0 Å². The van der Waals surface area contributed by atoms with Crippen LogP contribution in [-0.4, -0.2) is 9.38 Å². The first-order valence-electron chi connectivity index (χ1n) is 3.38. The molecule has 0 amide bonds. The minimum absolute atomic E-state index is 0.920. The van der Waals surface area contributed by atoms with Crippen molar-refractivity contribution in [2.45, 2.75) is 6.92 Å². The fourth-order valence-corrected chi connectivity index (χ4v) is 1.46. The van der Waals surface area contributed by atoms with Gasteiger partial charge in [-0.1, -0.05) is 6.07 Å².